The van der Waals surface area contributed by atoms with Crippen LogP contribution in [0.1, 0.15) is 45.2 Å². The molecule has 0 saturated carbocycles. The van der Waals surface area contributed by atoms with E-state index in [9.17, 15) is 26.8 Å². The fraction of sp³-hybridized carbons (Fsp3) is 0.242. The van der Waals surface area contributed by atoms with Crippen molar-refractivity contribution in [1.29, 1.82) is 0 Å². The summed E-state index contributed by atoms with van der Waals surface area (Å²) < 4.78 is 60.0. The quantitative estimate of drug-likeness (QED) is 0.239. The number of nitrogens with one attached hydrogen (secondary N) is 2. The molecule has 3 heterocycles. The Morgan fingerprint density at radius 2 is 1.67 bits per heavy atom. The number of nitrogens with zero attached hydrogens (tertiary/aromatic N) is 3. The Morgan fingerprint density at radius 1 is 1.02 bits per heavy atom. The lowest BCUT2D eigenvalue weighted by Gasteiger charge is -2.34. The van der Waals surface area contributed by atoms with Crippen molar-refractivity contribution in [2.24, 2.45) is 0 Å². The van der Waals surface area contributed by atoms with Crippen molar-refractivity contribution in [3.8, 4) is 22.6 Å². The lowest BCUT2D eigenvalue weighted by molar-refractivity contribution is 0.0701. The molecule has 1 fully saturated rings. The predicted octanol–water partition coefficient (Wildman–Crippen LogP) is 5.54. The highest BCUT2D eigenvalue weighted by atomic mass is 32.2. The minimum atomic E-state index is -3.71. The van der Waals surface area contributed by atoms with Crippen LogP contribution in [0.2, 0.25) is 0 Å². The van der Waals surface area contributed by atoms with Gasteiger partial charge in [-0.2, -0.15) is 5.10 Å². The molecule has 2 N–H and O–H groups in total. The zero-order valence-corrected chi connectivity index (χ0v) is 26.1. The van der Waals surface area contributed by atoms with Gasteiger partial charge in [0.25, 0.3) is 11.8 Å². The van der Waals surface area contributed by atoms with E-state index < -0.39 is 21.7 Å². The van der Waals surface area contributed by atoms with Gasteiger partial charge >= 0.3 is 0 Å². The second kappa shape index (κ2) is 12.0. The number of aromatic amines is 1. The highest BCUT2D eigenvalue weighted by Crippen LogP contribution is 2.42. The average molecular weight is 648 g/mol. The highest BCUT2D eigenvalue weighted by Gasteiger charge is 2.32. The fourth-order valence-corrected chi connectivity index (χ4v) is 6.38. The molecule has 1 aliphatic heterocycles. The van der Waals surface area contributed by atoms with Crippen molar-refractivity contribution < 1.29 is 31.2 Å². The normalized spacial score (nSPS) is 15.2. The Bertz CT molecular complexity index is 2060. The first-order valence-electron chi connectivity index (χ1n) is 14.6. The molecule has 1 aliphatic rings. The van der Waals surface area contributed by atoms with Gasteiger partial charge in [0, 0.05) is 55.7 Å². The Labute approximate surface area is 264 Å². The number of anilines is 1. The van der Waals surface area contributed by atoms with Crippen LogP contribution in [0.3, 0.4) is 0 Å². The van der Waals surface area contributed by atoms with Crippen LogP contribution in [0.15, 0.2) is 71.1 Å². The van der Waals surface area contributed by atoms with E-state index in [1.54, 1.807) is 35.2 Å². The van der Waals surface area contributed by atoms with Crippen LogP contribution in [0.5, 0.6) is 0 Å². The minimum Gasteiger partial charge on any atom is -0.455 e. The minimum absolute atomic E-state index is 0.219. The molecule has 46 heavy (non-hydrogen) atoms. The van der Waals surface area contributed by atoms with Crippen LogP contribution in [-0.4, -0.2) is 68.8 Å². The zero-order valence-electron chi connectivity index (χ0n) is 25.3. The van der Waals surface area contributed by atoms with Crippen LogP contribution < -0.4 is 9.62 Å². The fourth-order valence-electron chi connectivity index (χ4n) is 5.87. The van der Waals surface area contributed by atoms with Gasteiger partial charge in [0.1, 0.15) is 28.7 Å². The zero-order chi connectivity index (χ0) is 32.7. The van der Waals surface area contributed by atoms with Gasteiger partial charge in [0.05, 0.1) is 23.2 Å². The SMILES string of the molecule is CNC(=O)c1c(-c2ccc(F)cc2)oc2cc(N(C)S(C)(=O)=O)c(C3CCCN(C(=O)c4cc(-c5ccc(F)cc5)n[nH]4)C3)cc12. The molecule has 0 aliphatic carbocycles. The summed E-state index contributed by atoms with van der Waals surface area (Å²) in [6, 6.07) is 16.3. The second-order valence-corrected chi connectivity index (χ2v) is 13.3. The van der Waals surface area contributed by atoms with Gasteiger partial charge in [-0.05, 0) is 79.1 Å². The summed E-state index contributed by atoms with van der Waals surface area (Å²) in [5.41, 5.74) is 3.40. The number of carbonyl (C=O) groups excluding carboxylic acids is 2. The number of hydrogen-bond acceptors (Lipinski definition) is 6. The van der Waals surface area contributed by atoms with Crippen LogP contribution >= 0.6 is 0 Å². The lowest BCUT2D eigenvalue weighted by atomic mass is 9.88. The number of H-pyrrole nitrogens is 1. The van der Waals surface area contributed by atoms with Crippen molar-refractivity contribution in [1.82, 2.24) is 20.4 Å². The summed E-state index contributed by atoms with van der Waals surface area (Å²) in [6.07, 6.45) is 2.39. The number of benzene rings is 3. The van der Waals surface area contributed by atoms with Gasteiger partial charge in [-0.25, -0.2) is 17.2 Å². The smallest absolute Gasteiger partial charge is 0.271 e. The number of furan rings is 1. The number of fused-ring (bicyclic) bond motifs is 1. The molecule has 2 amide bonds. The van der Waals surface area contributed by atoms with E-state index in [0.717, 1.165) is 10.6 Å². The number of amides is 2. The molecule has 0 bridgehead atoms. The van der Waals surface area contributed by atoms with E-state index >= 15 is 0 Å². The maximum atomic E-state index is 13.7. The summed E-state index contributed by atoms with van der Waals surface area (Å²) in [6.45, 7) is 0.751. The Balaban J connectivity index is 1.41. The number of carbonyl (C=O) groups is 2. The van der Waals surface area contributed by atoms with E-state index in [0.29, 0.717) is 52.8 Å². The molecule has 1 atom stereocenters. The highest BCUT2D eigenvalue weighted by molar-refractivity contribution is 7.92. The van der Waals surface area contributed by atoms with Gasteiger partial charge in [-0.3, -0.25) is 19.0 Å². The first kappa shape index (κ1) is 31.0. The summed E-state index contributed by atoms with van der Waals surface area (Å²) >= 11 is 0. The van der Waals surface area contributed by atoms with Gasteiger partial charge < -0.3 is 14.6 Å². The largest absolute Gasteiger partial charge is 0.455 e. The van der Waals surface area contributed by atoms with Crippen molar-refractivity contribution in [3.63, 3.8) is 0 Å². The van der Waals surface area contributed by atoms with Gasteiger partial charge in [0.15, 0.2) is 0 Å². The van der Waals surface area contributed by atoms with E-state index in [2.05, 4.69) is 15.5 Å². The lowest BCUT2D eigenvalue weighted by Crippen LogP contribution is -2.39. The maximum absolute atomic E-state index is 13.7. The number of halogens is 2. The van der Waals surface area contributed by atoms with Crippen LogP contribution in [0.4, 0.5) is 14.5 Å². The molecular formula is C33H31F2N5O5S. The molecule has 1 saturated heterocycles. The van der Waals surface area contributed by atoms with Crippen LogP contribution in [0.25, 0.3) is 33.6 Å². The number of sulfonamides is 1. The van der Waals surface area contributed by atoms with E-state index in [-0.39, 0.29) is 46.8 Å². The third-order valence-electron chi connectivity index (χ3n) is 8.33. The topological polar surface area (TPSA) is 129 Å². The third-order valence-corrected chi connectivity index (χ3v) is 9.52. The van der Waals surface area contributed by atoms with Crippen LogP contribution in [-0.2, 0) is 10.0 Å². The molecule has 1 unspecified atom stereocenters. The van der Waals surface area contributed by atoms with Crippen molar-refractivity contribution in [2.45, 2.75) is 18.8 Å². The molecule has 0 radical (unpaired) electrons. The second-order valence-electron chi connectivity index (χ2n) is 11.3. The molecule has 0 spiro atoms. The number of rotatable bonds is 7. The van der Waals surface area contributed by atoms with Gasteiger partial charge in [-0.15, -0.1) is 0 Å². The monoisotopic (exact) mass is 647 g/mol. The van der Waals surface area contributed by atoms with Crippen molar-refractivity contribution >= 4 is 38.5 Å². The predicted molar refractivity (Wildman–Crippen MR) is 170 cm³/mol. The van der Waals surface area contributed by atoms with E-state index in [1.165, 1.54) is 50.5 Å². The molecule has 13 heteroatoms. The molecule has 2 aromatic heterocycles. The number of aromatic nitrogens is 2. The number of piperidine rings is 1. The summed E-state index contributed by atoms with van der Waals surface area (Å²) in [4.78, 5) is 28.5. The molecule has 5 aromatic rings. The van der Waals surface area contributed by atoms with Crippen molar-refractivity contribution in [3.05, 3.63) is 95.2 Å². The molecule has 10 nitrogen and oxygen atoms in total. The van der Waals surface area contributed by atoms with Crippen LogP contribution in [0, 0.1) is 11.6 Å². The summed E-state index contributed by atoms with van der Waals surface area (Å²) in [5, 5.41) is 10.1. The first-order valence-corrected chi connectivity index (χ1v) is 16.4. The summed E-state index contributed by atoms with van der Waals surface area (Å²) in [5.74, 6) is -1.60. The molecule has 3 aromatic carbocycles. The standard InChI is InChI=1S/C33H31F2N5O5S/c1-36-32(41)30-25-15-24(28(39(2)46(3,43)44)17-29(25)45-31(30)20-8-12-23(35)13-9-20)21-5-4-14-40(18-21)33(42)27-16-26(37-38-27)19-6-10-22(34)11-7-19/h6-13,15-17,21H,4-5,14,18H2,1-3H3,(H,36,41)(H,37,38). The molecule has 6 rings (SSSR count). The molecular weight excluding hydrogens is 616 g/mol. The Kier molecular flexibility index (Phi) is 8.11. The van der Waals surface area contributed by atoms with Crippen molar-refractivity contribution in [2.75, 3.05) is 37.7 Å². The maximum Gasteiger partial charge on any atom is 0.271 e. The number of hydrogen-bond donors (Lipinski definition) is 2. The van der Waals surface area contributed by atoms with E-state index in [4.69, 9.17) is 4.42 Å². The average Bonchev–Trinajstić information content (AvgIpc) is 3.69. The Morgan fingerprint density at radius 3 is 2.30 bits per heavy atom. The van der Waals surface area contributed by atoms with E-state index in [1.807, 2.05) is 0 Å². The number of likely N-dealkylation sites (tertiary alicyclic amines) is 1. The molecule has 238 valence electrons. The third kappa shape index (κ3) is 5.85. The Hall–Kier alpha value is -5.04. The van der Waals surface area contributed by atoms with Gasteiger partial charge in [0.2, 0.25) is 10.0 Å². The van der Waals surface area contributed by atoms with Gasteiger partial charge in [-0.1, -0.05) is 0 Å². The summed E-state index contributed by atoms with van der Waals surface area (Å²) in [7, 11) is -0.781. The first-order chi connectivity index (χ1) is 21.9.